The summed E-state index contributed by atoms with van der Waals surface area (Å²) >= 11 is 0. The number of pyridine rings is 1. The number of amides is 4. The topological polar surface area (TPSA) is 91.4 Å². The van der Waals surface area contributed by atoms with E-state index in [9.17, 15) is 14.4 Å². The van der Waals surface area contributed by atoms with Gasteiger partial charge in [-0.25, -0.2) is 4.79 Å². The molecule has 2 N–H and O–H groups in total. The Labute approximate surface area is 147 Å². The van der Waals surface area contributed by atoms with Crippen LogP contribution in [-0.4, -0.2) is 46.4 Å². The molecule has 1 aliphatic carbocycles. The SMILES string of the molecule is C[C@@H]1CCCC[C@@]12NC(=O)N(CC(=O)NCCc1ccccn1)C2=O. The van der Waals surface area contributed by atoms with Gasteiger partial charge >= 0.3 is 6.03 Å². The summed E-state index contributed by atoms with van der Waals surface area (Å²) in [7, 11) is 0. The minimum Gasteiger partial charge on any atom is -0.354 e. The zero-order valence-electron chi connectivity index (χ0n) is 14.5. The van der Waals surface area contributed by atoms with Gasteiger partial charge in [-0.2, -0.15) is 0 Å². The Kier molecular flexibility index (Phi) is 5.01. The summed E-state index contributed by atoms with van der Waals surface area (Å²) in [6, 6.07) is 5.15. The lowest BCUT2D eigenvalue weighted by Crippen LogP contribution is -2.54. The summed E-state index contributed by atoms with van der Waals surface area (Å²) in [4.78, 5) is 42.4. The zero-order chi connectivity index (χ0) is 17.9. The van der Waals surface area contributed by atoms with E-state index >= 15 is 0 Å². The molecule has 7 nitrogen and oxygen atoms in total. The van der Waals surface area contributed by atoms with E-state index in [0.29, 0.717) is 19.4 Å². The van der Waals surface area contributed by atoms with E-state index in [1.54, 1.807) is 6.20 Å². The standard InChI is InChI=1S/C18H24N4O3/c1-13-6-2-4-9-18(13)16(24)22(17(25)21-18)12-15(23)20-11-8-14-7-3-5-10-19-14/h3,5,7,10,13H,2,4,6,8-9,11-12H2,1H3,(H,20,23)(H,21,25)/t13-,18-/m1/s1. The molecule has 1 aromatic rings. The Morgan fingerprint density at radius 3 is 2.96 bits per heavy atom. The smallest absolute Gasteiger partial charge is 0.325 e. The second kappa shape index (κ2) is 7.21. The molecule has 0 radical (unpaired) electrons. The lowest BCUT2D eigenvalue weighted by atomic mass is 9.73. The summed E-state index contributed by atoms with van der Waals surface area (Å²) in [5.41, 5.74) is 0.0663. The van der Waals surface area contributed by atoms with Crippen LogP contribution in [0.25, 0.3) is 0 Å². The Morgan fingerprint density at radius 2 is 2.24 bits per heavy atom. The van der Waals surface area contributed by atoms with Crippen molar-refractivity contribution >= 4 is 17.8 Å². The molecule has 2 fully saturated rings. The number of carbonyl (C=O) groups excluding carboxylic acids is 3. The number of hydrogen-bond donors (Lipinski definition) is 2. The maximum absolute atomic E-state index is 12.8. The monoisotopic (exact) mass is 344 g/mol. The highest BCUT2D eigenvalue weighted by molar-refractivity contribution is 6.09. The maximum atomic E-state index is 12.8. The van der Waals surface area contributed by atoms with E-state index < -0.39 is 11.6 Å². The van der Waals surface area contributed by atoms with Gasteiger partial charge in [0.1, 0.15) is 12.1 Å². The lowest BCUT2D eigenvalue weighted by molar-refractivity contribution is -0.137. The molecule has 1 saturated heterocycles. The fourth-order valence-electron chi connectivity index (χ4n) is 3.71. The number of nitrogens with one attached hydrogen (secondary N) is 2. The van der Waals surface area contributed by atoms with Crippen molar-refractivity contribution in [2.24, 2.45) is 5.92 Å². The fraction of sp³-hybridized carbons (Fsp3) is 0.556. The van der Waals surface area contributed by atoms with Crippen molar-refractivity contribution in [2.75, 3.05) is 13.1 Å². The molecule has 2 atom stereocenters. The molecule has 134 valence electrons. The normalized spacial score (nSPS) is 26.0. The van der Waals surface area contributed by atoms with Crippen molar-refractivity contribution in [1.82, 2.24) is 20.5 Å². The highest BCUT2D eigenvalue weighted by Gasteiger charge is 2.55. The zero-order valence-corrected chi connectivity index (χ0v) is 14.5. The summed E-state index contributed by atoms with van der Waals surface area (Å²) < 4.78 is 0. The molecule has 1 spiro atoms. The predicted molar refractivity (Wildman–Crippen MR) is 91.6 cm³/mol. The van der Waals surface area contributed by atoms with Crippen LogP contribution in [0, 0.1) is 5.92 Å². The van der Waals surface area contributed by atoms with Crippen molar-refractivity contribution in [3.63, 3.8) is 0 Å². The first-order valence-corrected chi connectivity index (χ1v) is 8.83. The van der Waals surface area contributed by atoms with Crippen LogP contribution in [0.3, 0.4) is 0 Å². The molecule has 4 amide bonds. The Bertz CT molecular complexity index is 664. The van der Waals surface area contributed by atoms with Crippen molar-refractivity contribution in [1.29, 1.82) is 0 Å². The molecule has 7 heteroatoms. The van der Waals surface area contributed by atoms with Crippen LogP contribution in [0.1, 0.15) is 38.3 Å². The molecule has 1 aromatic heterocycles. The molecule has 2 aliphatic rings. The number of rotatable bonds is 5. The van der Waals surface area contributed by atoms with Gasteiger partial charge in [-0.3, -0.25) is 19.5 Å². The van der Waals surface area contributed by atoms with Gasteiger partial charge in [-0.1, -0.05) is 25.8 Å². The third-order valence-corrected chi connectivity index (χ3v) is 5.23. The molecule has 0 bridgehead atoms. The quantitative estimate of drug-likeness (QED) is 0.786. The Morgan fingerprint density at radius 1 is 1.40 bits per heavy atom. The van der Waals surface area contributed by atoms with Crippen LogP contribution in [0.15, 0.2) is 24.4 Å². The largest absolute Gasteiger partial charge is 0.354 e. The first-order valence-electron chi connectivity index (χ1n) is 8.83. The predicted octanol–water partition coefficient (Wildman–Crippen LogP) is 1.24. The van der Waals surface area contributed by atoms with Crippen LogP contribution in [-0.2, 0) is 16.0 Å². The summed E-state index contributed by atoms with van der Waals surface area (Å²) in [5.74, 6) is -0.501. The molecule has 25 heavy (non-hydrogen) atoms. The van der Waals surface area contributed by atoms with Gasteiger partial charge in [0.2, 0.25) is 5.91 Å². The highest BCUT2D eigenvalue weighted by Crippen LogP contribution is 2.38. The molecular formula is C18H24N4O3. The molecular weight excluding hydrogens is 320 g/mol. The van der Waals surface area contributed by atoms with Crippen LogP contribution >= 0.6 is 0 Å². The summed E-state index contributed by atoms with van der Waals surface area (Å²) in [5, 5.41) is 5.60. The first-order chi connectivity index (χ1) is 12.0. The Balaban J connectivity index is 1.54. The number of carbonyl (C=O) groups is 3. The van der Waals surface area contributed by atoms with E-state index in [4.69, 9.17) is 0 Å². The van der Waals surface area contributed by atoms with Crippen molar-refractivity contribution in [3.8, 4) is 0 Å². The van der Waals surface area contributed by atoms with E-state index in [0.717, 1.165) is 29.9 Å². The summed E-state index contributed by atoms with van der Waals surface area (Å²) in [6.45, 7) is 2.18. The van der Waals surface area contributed by atoms with Gasteiger partial charge in [0.05, 0.1) is 0 Å². The molecule has 1 saturated carbocycles. The van der Waals surface area contributed by atoms with Crippen LogP contribution in [0.4, 0.5) is 4.79 Å². The third kappa shape index (κ3) is 3.50. The number of nitrogens with zero attached hydrogens (tertiary/aromatic N) is 2. The number of hydrogen-bond acceptors (Lipinski definition) is 4. The van der Waals surface area contributed by atoms with Gasteiger partial charge < -0.3 is 10.6 Å². The number of aromatic nitrogens is 1. The van der Waals surface area contributed by atoms with E-state index in [1.807, 2.05) is 25.1 Å². The van der Waals surface area contributed by atoms with Crippen molar-refractivity contribution in [2.45, 2.75) is 44.6 Å². The van der Waals surface area contributed by atoms with E-state index in [1.165, 1.54) is 0 Å². The minimum atomic E-state index is -0.816. The lowest BCUT2D eigenvalue weighted by Gasteiger charge is -2.36. The van der Waals surface area contributed by atoms with Crippen molar-refractivity contribution in [3.05, 3.63) is 30.1 Å². The van der Waals surface area contributed by atoms with Gasteiger partial charge in [0.15, 0.2) is 0 Å². The van der Waals surface area contributed by atoms with Crippen molar-refractivity contribution < 1.29 is 14.4 Å². The maximum Gasteiger partial charge on any atom is 0.325 e. The molecule has 3 rings (SSSR count). The second-order valence-corrected chi connectivity index (χ2v) is 6.86. The Hall–Kier alpha value is -2.44. The van der Waals surface area contributed by atoms with Crippen LogP contribution in [0.5, 0.6) is 0 Å². The first kappa shape index (κ1) is 17.4. The van der Waals surface area contributed by atoms with E-state index in [2.05, 4.69) is 15.6 Å². The molecule has 0 aromatic carbocycles. The van der Waals surface area contributed by atoms with Gasteiger partial charge in [-0.15, -0.1) is 0 Å². The van der Waals surface area contributed by atoms with E-state index in [-0.39, 0.29) is 24.3 Å². The van der Waals surface area contributed by atoms with Gasteiger partial charge in [0.25, 0.3) is 5.91 Å². The highest BCUT2D eigenvalue weighted by atomic mass is 16.2. The molecule has 0 unspecified atom stereocenters. The summed E-state index contributed by atoms with van der Waals surface area (Å²) in [6.07, 6.45) is 5.86. The number of urea groups is 1. The third-order valence-electron chi connectivity index (χ3n) is 5.23. The molecule has 1 aliphatic heterocycles. The van der Waals surface area contributed by atoms with Gasteiger partial charge in [0, 0.05) is 24.9 Å². The fourth-order valence-corrected chi connectivity index (χ4v) is 3.71. The van der Waals surface area contributed by atoms with Crippen LogP contribution < -0.4 is 10.6 Å². The van der Waals surface area contributed by atoms with Gasteiger partial charge in [-0.05, 0) is 30.9 Å². The average Bonchev–Trinajstić information content (AvgIpc) is 2.84. The second-order valence-electron chi connectivity index (χ2n) is 6.86. The van der Waals surface area contributed by atoms with Crippen LogP contribution in [0.2, 0.25) is 0 Å². The average molecular weight is 344 g/mol. The number of imide groups is 1. The molecule has 2 heterocycles. The minimum absolute atomic E-state index is 0.0925.